The number of imidazole rings is 1. The fourth-order valence-corrected chi connectivity index (χ4v) is 3.04. The van der Waals surface area contributed by atoms with Crippen molar-refractivity contribution in [3.63, 3.8) is 0 Å². The molecule has 1 atom stereocenters. The molecule has 0 radical (unpaired) electrons. The molecule has 1 aromatic carbocycles. The van der Waals surface area contributed by atoms with Crippen LogP contribution < -0.4 is 5.73 Å². The summed E-state index contributed by atoms with van der Waals surface area (Å²) in [5.41, 5.74) is 7.16. The molecule has 1 aromatic heterocycles. The van der Waals surface area contributed by atoms with E-state index in [4.69, 9.17) is 5.73 Å². The lowest BCUT2D eigenvalue weighted by Crippen LogP contribution is -2.18. The SMILES string of the molecule is CC(N)Cc1cc(Br)ccc1Sc1nccn1C. The van der Waals surface area contributed by atoms with E-state index in [1.807, 2.05) is 30.9 Å². The van der Waals surface area contributed by atoms with E-state index in [1.165, 1.54) is 10.5 Å². The molecule has 1 unspecified atom stereocenters. The zero-order chi connectivity index (χ0) is 13.1. The van der Waals surface area contributed by atoms with Crippen LogP contribution in [0.4, 0.5) is 0 Å². The third kappa shape index (κ3) is 3.37. The second kappa shape index (κ2) is 5.91. The quantitative estimate of drug-likeness (QED) is 0.938. The molecule has 18 heavy (non-hydrogen) atoms. The Hall–Kier alpha value is -0.780. The van der Waals surface area contributed by atoms with E-state index in [0.717, 1.165) is 16.0 Å². The third-order valence-corrected chi connectivity index (χ3v) is 4.23. The Bertz CT molecular complexity index is 537. The summed E-state index contributed by atoms with van der Waals surface area (Å²) in [4.78, 5) is 5.55. The van der Waals surface area contributed by atoms with E-state index >= 15 is 0 Å². The Balaban J connectivity index is 2.29. The molecule has 1 heterocycles. The summed E-state index contributed by atoms with van der Waals surface area (Å²) in [6.07, 6.45) is 4.63. The lowest BCUT2D eigenvalue weighted by atomic mass is 10.1. The fourth-order valence-electron chi connectivity index (χ4n) is 1.70. The maximum Gasteiger partial charge on any atom is 0.172 e. The molecule has 0 spiro atoms. The molecule has 5 heteroatoms. The molecule has 2 aromatic rings. The summed E-state index contributed by atoms with van der Waals surface area (Å²) >= 11 is 5.18. The lowest BCUT2D eigenvalue weighted by Gasteiger charge is -2.11. The highest BCUT2D eigenvalue weighted by atomic mass is 79.9. The van der Waals surface area contributed by atoms with E-state index in [-0.39, 0.29) is 6.04 Å². The minimum absolute atomic E-state index is 0.153. The van der Waals surface area contributed by atoms with Gasteiger partial charge in [-0.05, 0) is 37.1 Å². The fraction of sp³-hybridized carbons (Fsp3) is 0.308. The molecule has 2 rings (SSSR count). The number of halogens is 1. The van der Waals surface area contributed by atoms with Crippen LogP contribution in [-0.2, 0) is 13.5 Å². The van der Waals surface area contributed by atoms with Crippen molar-refractivity contribution in [1.82, 2.24) is 9.55 Å². The third-order valence-electron chi connectivity index (χ3n) is 2.54. The van der Waals surface area contributed by atoms with Crippen LogP contribution in [0.1, 0.15) is 12.5 Å². The number of aromatic nitrogens is 2. The van der Waals surface area contributed by atoms with Crippen molar-refractivity contribution < 1.29 is 0 Å². The van der Waals surface area contributed by atoms with Crippen LogP contribution in [0, 0.1) is 0 Å². The summed E-state index contributed by atoms with van der Waals surface area (Å²) in [5, 5.41) is 0.989. The maximum absolute atomic E-state index is 5.90. The van der Waals surface area contributed by atoms with Crippen molar-refractivity contribution in [2.75, 3.05) is 0 Å². The summed E-state index contributed by atoms with van der Waals surface area (Å²) in [7, 11) is 2.00. The molecule has 0 fully saturated rings. The van der Waals surface area contributed by atoms with Gasteiger partial charge in [0.1, 0.15) is 0 Å². The standard InChI is InChI=1S/C13H16BrN3S/c1-9(15)7-10-8-11(14)3-4-12(10)18-13-16-5-6-17(13)2/h3-6,8-9H,7,15H2,1-2H3. The van der Waals surface area contributed by atoms with E-state index < -0.39 is 0 Å². The van der Waals surface area contributed by atoms with Crippen molar-refractivity contribution in [3.8, 4) is 0 Å². The summed E-state index contributed by atoms with van der Waals surface area (Å²) in [6, 6.07) is 6.45. The molecule has 3 nitrogen and oxygen atoms in total. The first-order chi connectivity index (χ1) is 8.56. The zero-order valence-corrected chi connectivity index (χ0v) is 12.8. The predicted octanol–water partition coefficient (Wildman–Crippen LogP) is 3.22. The van der Waals surface area contributed by atoms with E-state index in [9.17, 15) is 0 Å². The van der Waals surface area contributed by atoms with Crippen LogP contribution in [0.2, 0.25) is 0 Å². The maximum atomic E-state index is 5.90. The largest absolute Gasteiger partial charge is 0.329 e. The molecule has 0 amide bonds. The van der Waals surface area contributed by atoms with Crippen molar-refractivity contribution in [1.29, 1.82) is 0 Å². The van der Waals surface area contributed by atoms with Crippen molar-refractivity contribution in [2.24, 2.45) is 12.8 Å². The van der Waals surface area contributed by atoms with Gasteiger partial charge in [0.05, 0.1) is 0 Å². The van der Waals surface area contributed by atoms with Crippen LogP contribution in [0.15, 0.2) is 45.1 Å². The zero-order valence-electron chi connectivity index (χ0n) is 10.4. The molecule has 0 saturated carbocycles. The highest BCUT2D eigenvalue weighted by Gasteiger charge is 2.09. The Morgan fingerprint density at radius 2 is 2.28 bits per heavy atom. The molecule has 2 N–H and O–H groups in total. The number of hydrogen-bond acceptors (Lipinski definition) is 3. The lowest BCUT2D eigenvalue weighted by molar-refractivity contribution is 0.728. The highest BCUT2D eigenvalue weighted by molar-refractivity contribution is 9.10. The van der Waals surface area contributed by atoms with Gasteiger partial charge >= 0.3 is 0 Å². The number of aryl methyl sites for hydroxylation is 1. The van der Waals surface area contributed by atoms with Crippen molar-refractivity contribution >= 4 is 27.7 Å². The van der Waals surface area contributed by atoms with Gasteiger partial charge in [-0.15, -0.1) is 0 Å². The minimum atomic E-state index is 0.153. The van der Waals surface area contributed by atoms with Gasteiger partial charge in [0.2, 0.25) is 0 Å². The molecule has 0 bridgehead atoms. The van der Waals surface area contributed by atoms with E-state index in [2.05, 4.69) is 39.1 Å². The van der Waals surface area contributed by atoms with Gasteiger partial charge in [-0.2, -0.15) is 0 Å². The molecule has 96 valence electrons. The second-order valence-corrected chi connectivity index (χ2v) is 6.28. The number of nitrogens with zero attached hydrogens (tertiary/aromatic N) is 2. The molecular formula is C13H16BrN3S. The van der Waals surface area contributed by atoms with Gasteiger partial charge in [0.15, 0.2) is 5.16 Å². The predicted molar refractivity (Wildman–Crippen MR) is 78.8 cm³/mol. The first-order valence-electron chi connectivity index (χ1n) is 5.75. The Kier molecular flexibility index (Phi) is 4.48. The van der Waals surface area contributed by atoms with Gasteiger partial charge in [0.25, 0.3) is 0 Å². The van der Waals surface area contributed by atoms with Gasteiger partial charge < -0.3 is 10.3 Å². The number of nitrogens with two attached hydrogens (primary N) is 1. The Morgan fingerprint density at radius 3 is 2.89 bits per heavy atom. The van der Waals surface area contributed by atoms with Crippen molar-refractivity contribution in [3.05, 3.63) is 40.6 Å². The number of hydrogen-bond donors (Lipinski definition) is 1. The molecule has 0 aliphatic heterocycles. The molecule has 0 saturated heterocycles. The number of rotatable bonds is 4. The minimum Gasteiger partial charge on any atom is -0.329 e. The van der Waals surface area contributed by atoms with Crippen LogP contribution in [0.3, 0.4) is 0 Å². The average Bonchev–Trinajstić information content (AvgIpc) is 2.67. The van der Waals surface area contributed by atoms with Gasteiger partial charge in [-0.3, -0.25) is 0 Å². The Labute approximate surface area is 120 Å². The van der Waals surface area contributed by atoms with E-state index in [1.54, 1.807) is 11.8 Å². The summed E-state index contributed by atoms with van der Waals surface area (Å²) < 4.78 is 3.10. The first kappa shape index (κ1) is 13.6. The smallest absolute Gasteiger partial charge is 0.172 e. The van der Waals surface area contributed by atoms with Crippen molar-refractivity contribution in [2.45, 2.75) is 29.4 Å². The van der Waals surface area contributed by atoms with Gasteiger partial charge in [-0.25, -0.2) is 4.98 Å². The highest BCUT2D eigenvalue weighted by Crippen LogP contribution is 2.31. The summed E-state index contributed by atoms with van der Waals surface area (Å²) in [6.45, 7) is 2.02. The van der Waals surface area contributed by atoms with E-state index in [0.29, 0.717) is 0 Å². The summed E-state index contributed by atoms with van der Waals surface area (Å²) in [5.74, 6) is 0. The molecule has 0 aliphatic carbocycles. The number of benzene rings is 1. The normalized spacial score (nSPS) is 12.7. The van der Waals surface area contributed by atoms with Crippen LogP contribution in [0.25, 0.3) is 0 Å². The Morgan fingerprint density at radius 1 is 1.50 bits per heavy atom. The topological polar surface area (TPSA) is 43.8 Å². The van der Waals surface area contributed by atoms with Gasteiger partial charge in [-0.1, -0.05) is 27.7 Å². The van der Waals surface area contributed by atoms with Crippen LogP contribution in [0.5, 0.6) is 0 Å². The van der Waals surface area contributed by atoms with Crippen LogP contribution in [-0.4, -0.2) is 15.6 Å². The molecule has 0 aliphatic rings. The van der Waals surface area contributed by atoms with Crippen LogP contribution >= 0.6 is 27.7 Å². The second-order valence-electron chi connectivity index (χ2n) is 4.36. The monoisotopic (exact) mass is 325 g/mol. The first-order valence-corrected chi connectivity index (χ1v) is 7.36. The average molecular weight is 326 g/mol. The molecular weight excluding hydrogens is 310 g/mol. The van der Waals surface area contributed by atoms with Gasteiger partial charge in [0, 0.05) is 34.9 Å².